The van der Waals surface area contributed by atoms with E-state index in [9.17, 15) is 12.8 Å². The topological polar surface area (TPSA) is 63.4 Å². The highest BCUT2D eigenvalue weighted by Crippen LogP contribution is 2.26. The molecule has 1 aliphatic heterocycles. The molecule has 0 aromatic heterocycles. The van der Waals surface area contributed by atoms with Crippen molar-refractivity contribution >= 4 is 10.0 Å². The molecule has 1 fully saturated rings. The predicted molar refractivity (Wildman–Crippen MR) is 67.1 cm³/mol. The smallest absolute Gasteiger partial charge is 0.246 e. The fraction of sp³-hybridized carbons (Fsp3) is 0.500. The van der Waals surface area contributed by atoms with Crippen molar-refractivity contribution in [2.75, 3.05) is 19.6 Å². The van der Waals surface area contributed by atoms with Gasteiger partial charge in [-0.2, -0.15) is 4.31 Å². The van der Waals surface area contributed by atoms with E-state index in [0.29, 0.717) is 25.2 Å². The molecule has 1 aliphatic rings. The van der Waals surface area contributed by atoms with Crippen LogP contribution in [0.3, 0.4) is 0 Å². The first-order valence-electron chi connectivity index (χ1n) is 5.92. The second-order valence-corrected chi connectivity index (χ2v) is 6.55. The van der Waals surface area contributed by atoms with E-state index in [1.807, 2.05) is 0 Å². The number of benzene rings is 1. The Bertz CT molecular complexity index is 545. The zero-order valence-electron chi connectivity index (χ0n) is 10.3. The van der Waals surface area contributed by atoms with Crippen LogP contribution in [0.2, 0.25) is 0 Å². The lowest BCUT2D eigenvalue weighted by atomic mass is 10.1. The minimum Gasteiger partial charge on any atom is -0.330 e. The summed E-state index contributed by atoms with van der Waals surface area (Å²) in [6, 6.07) is 4.43. The Kier molecular flexibility index (Phi) is 3.70. The van der Waals surface area contributed by atoms with E-state index in [-0.39, 0.29) is 10.8 Å². The molecule has 0 amide bonds. The molecule has 1 aromatic carbocycles. The molecule has 1 aromatic rings. The maximum atomic E-state index is 13.9. The zero-order chi connectivity index (χ0) is 13.3. The highest BCUT2D eigenvalue weighted by Gasteiger charge is 2.33. The Balaban J connectivity index is 2.35. The second kappa shape index (κ2) is 4.95. The largest absolute Gasteiger partial charge is 0.330 e. The molecule has 1 unspecified atom stereocenters. The van der Waals surface area contributed by atoms with Crippen LogP contribution in [-0.4, -0.2) is 32.4 Å². The average molecular weight is 272 g/mol. The van der Waals surface area contributed by atoms with Gasteiger partial charge in [0.05, 0.1) is 0 Å². The molecule has 0 saturated carbocycles. The summed E-state index contributed by atoms with van der Waals surface area (Å²) >= 11 is 0. The van der Waals surface area contributed by atoms with Gasteiger partial charge in [-0.05, 0) is 37.4 Å². The van der Waals surface area contributed by atoms with E-state index in [1.165, 1.54) is 10.4 Å². The van der Waals surface area contributed by atoms with Crippen LogP contribution < -0.4 is 5.73 Å². The van der Waals surface area contributed by atoms with Crippen LogP contribution >= 0.6 is 0 Å². The maximum absolute atomic E-state index is 13.9. The lowest BCUT2D eigenvalue weighted by molar-refractivity contribution is 0.453. The molecule has 6 heteroatoms. The monoisotopic (exact) mass is 272 g/mol. The molecular weight excluding hydrogens is 255 g/mol. The van der Waals surface area contributed by atoms with Crippen LogP contribution in [0.5, 0.6) is 0 Å². The highest BCUT2D eigenvalue weighted by atomic mass is 32.2. The van der Waals surface area contributed by atoms with E-state index in [1.54, 1.807) is 19.1 Å². The predicted octanol–water partition coefficient (Wildman–Crippen LogP) is 1.10. The number of sulfonamides is 1. The first-order valence-corrected chi connectivity index (χ1v) is 7.36. The quantitative estimate of drug-likeness (QED) is 0.896. The average Bonchev–Trinajstić information content (AvgIpc) is 2.81. The molecule has 1 heterocycles. The molecular formula is C12H17FN2O2S. The third-order valence-electron chi connectivity index (χ3n) is 3.36. The number of aryl methyl sites for hydroxylation is 1. The van der Waals surface area contributed by atoms with E-state index >= 15 is 0 Å². The fourth-order valence-electron chi connectivity index (χ4n) is 2.17. The summed E-state index contributed by atoms with van der Waals surface area (Å²) < 4.78 is 39.8. The molecule has 0 bridgehead atoms. The first-order chi connectivity index (χ1) is 8.46. The van der Waals surface area contributed by atoms with E-state index in [2.05, 4.69) is 0 Å². The fourth-order valence-corrected chi connectivity index (χ4v) is 3.84. The lowest BCUT2D eigenvalue weighted by Gasteiger charge is -2.17. The molecule has 100 valence electrons. The minimum atomic E-state index is -3.73. The number of halogens is 1. The van der Waals surface area contributed by atoms with Gasteiger partial charge in [0.15, 0.2) is 0 Å². The van der Waals surface area contributed by atoms with Gasteiger partial charge < -0.3 is 5.73 Å². The maximum Gasteiger partial charge on any atom is 0.246 e. The van der Waals surface area contributed by atoms with Crippen LogP contribution in [0.1, 0.15) is 12.0 Å². The molecule has 2 N–H and O–H groups in total. The molecule has 18 heavy (non-hydrogen) atoms. The highest BCUT2D eigenvalue weighted by molar-refractivity contribution is 7.89. The number of hydrogen-bond donors (Lipinski definition) is 1. The van der Waals surface area contributed by atoms with Crippen molar-refractivity contribution in [2.45, 2.75) is 18.2 Å². The van der Waals surface area contributed by atoms with Gasteiger partial charge in [0.25, 0.3) is 0 Å². The number of nitrogens with zero attached hydrogens (tertiary/aromatic N) is 1. The lowest BCUT2D eigenvalue weighted by Crippen LogP contribution is -2.30. The molecule has 1 atom stereocenters. The summed E-state index contributed by atoms with van der Waals surface area (Å²) in [5.41, 5.74) is 5.87. The summed E-state index contributed by atoms with van der Waals surface area (Å²) in [7, 11) is -3.73. The van der Waals surface area contributed by atoms with Crippen LogP contribution in [0, 0.1) is 18.7 Å². The summed E-state index contributed by atoms with van der Waals surface area (Å²) in [5, 5.41) is 0. The van der Waals surface area contributed by atoms with E-state index < -0.39 is 15.8 Å². The van der Waals surface area contributed by atoms with Gasteiger partial charge in [0.2, 0.25) is 10.0 Å². The van der Waals surface area contributed by atoms with Crippen LogP contribution in [0.15, 0.2) is 23.1 Å². The standard InChI is InChI=1S/C12H17FN2O2S/c1-9-3-2-4-11(12(9)13)18(16,17)15-6-5-10(7-14)8-15/h2-4,10H,5-8,14H2,1H3. The number of rotatable bonds is 3. The minimum absolute atomic E-state index is 0.174. The molecule has 2 rings (SSSR count). The van der Waals surface area contributed by atoms with Crippen molar-refractivity contribution in [1.29, 1.82) is 0 Å². The molecule has 0 spiro atoms. The van der Waals surface area contributed by atoms with Crippen molar-refractivity contribution in [2.24, 2.45) is 11.7 Å². The van der Waals surface area contributed by atoms with Crippen LogP contribution in [0.4, 0.5) is 4.39 Å². The molecule has 1 saturated heterocycles. The Morgan fingerprint density at radius 3 is 2.83 bits per heavy atom. The Labute approximate surface area is 107 Å². The molecule has 4 nitrogen and oxygen atoms in total. The summed E-state index contributed by atoms with van der Waals surface area (Å²) in [6.45, 7) is 2.81. The van der Waals surface area contributed by atoms with Gasteiger partial charge in [-0.25, -0.2) is 12.8 Å². The van der Waals surface area contributed by atoms with Gasteiger partial charge in [-0.1, -0.05) is 12.1 Å². The number of nitrogens with two attached hydrogens (primary N) is 1. The SMILES string of the molecule is Cc1cccc(S(=O)(=O)N2CCC(CN)C2)c1F. The Morgan fingerprint density at radius 1 is 1.50 bits per heavy atom. The third-order valence-corrected chi connectivity index (χ3v) is 5.24. The van der Waals surface area contributed by atoms with Gasteiger partial charge in [-0.3, -0.25) is 0 Å². The van der Waals surface area contributed by atoms with Gasteiger partial charge in [0, 0.05) is 13.1 Å². The van der Waals surface area contributed by atoms with Crippen molar-refractivity contribution in [1.82, 2.24) is 4.31 Å². The van der Waals surface area contributed by atoms with Crippen molar-refractivity contribution in [3.63, 3.8) is 0 Å². The summed E-state index contributed by atoms with van der Waals surface area (Å²) in [4.78, 5) is -0.236. The third kappa shape index (κ3) is 2.28. The normalized spacial score (nSPS) is 21.4. The Morgan fingerprint density at radius 2 is 2.22 bits per heavy atom. The zero-order valence-corrected chi connectivity index (χ0v) is 11.1. The molecule has 0 aliphatic carbocycles. The van der Waals surface area contributed by atoms with Crippen LogP contribution in [0.25, 0.3) is 0 Å². The first kappa shape index (κ1) is 13.5. The summed E-state index contributed by atoms with van der Waals surface area (Å²) in [5.74, 6) is -0.485. The van der Waals surface area contributed by atoms with Crippen LogP contribution in [-0.2, 0) is 10.0 Å². The van der Waals surface area contributed by atoms with Crippen molar-refractivity contribution < 1.29 is 12.8 Å². The van der Waals surface area contributed by atoms with E-state index in [0.717, 1.165) is 6.42 Å². The van der Waals surface area contributed by atoms with E-state index in [4.69, 9.17) is 5.73 Å². The molecule has 0 radical (unpaired) electrons. The van der Waals surface area contributed by atoms with Crippen molar-refractivity contribution in [3.8, 4) is 0 Å². The van der Waals surface area contributed by atoms with Gasteiger partial charge >= 0.3 is 0 Å². The van der Waals surface area contributed by atoms with Gasteiger partial charge in [0.1, 0.15) is 10.7 Å². The Hall–Kier alpha value is -0.980. The number of hydrogen-bond acceptors (Lipinski definition) is 3. The van der Waals surface area contributed by atoms with Crippen molar-refractivity contribution in [3.05, 3.63) is 29.6 Å². The summed E-state index contributed by atoms with van der Waals surface area (Å²) in [6.07, 6.45) is 0.739. The second-order valence-electron chi connectivity index (χ2n) is 4.64. The van der Waals surface area contributed by atoms with Gasteiger partial charge in [-0.15, -0.1) is 0 Å².